The molecule has 0 aliphatic heterocycles. The van der Waals surface area contributed by atoms with Crippen molar-refractivity contribution in [3.63, 3.8) is 0 Å². The van der Waals surface area contributed by atoms with Crippen LogP contribution in [0.15, 0.2) is 11.8 Å². The van der Waals surface area contributed by atoms with Gasteiger partial charge in [-0.3, -0.25) is 4.79 Å². The van der Waals surface area contributed by atoms with Crippen molar-refractivity contribution in [2.45, 2.75) is 46.8 Å². The summed E-state index contributed by atoms with van der Waals surface area (Å²) in [5.41, 5.74) is -0.487. The molecule has 16 heavy (non-hydrogen) atoms. The van der Waals surface area contributed by atoms with E-state index in [1.54, 1.807) is 0 Å². The summed E-state index contributed by atoms with van der Waals surface area (Å²) in [6.07, 6.45) is 2.60. The van der Waals surface area contributed by atoms with Gasteiger partial charge in [-0.15, -0.1) is 0 Å². The van der Waals surface area contributed by atoms with E-state index in [9.17, 15) is 4.79 Å². The molecule has 0 spiro atoms. The fourth-order valence-corrected chi connectivity index (χ4v) is 2.33. The van der Waals surface area contributed by atoms with Crippen LogP contribution in [0.1, 0.15) is 27.2 Å². The third-order valence-electron chi connectivity index (χ3n) is 2.10. The molecule has 0 rings (SSSR count). The number of carbonyl (C=O) groups is 1. The highest BCUT2D eigenvalue weighted by molar-refractivity contribution is 6.70. The van der Waals surface area contributed by atoms with Crippen molar-refractivity contribution in [1.29, 1.82) is 0 Å². The van der Waals surface area contributed by atoms with Crippen LogP contribution in [0.2, 0.25) is 19.6 Å². The van der Waals surface area contributed by atoms with Gasteiger partial charge < -0.3 is 9.16 Å². The van der Waals surface area contributed by atoms with Crippen molar-refractivity contribution in [2.75, 3.05) is 7.11 Å². The summed E-state index contributed by atoms with van der Waals surface area (Å²) in [7, 11) is -0.121. The number of esters is 1. The zero-order valence-corrected chi connectivity index (χ0v) is 12.5. The first kappa shape index (κ1) is 15.2. The number of methoxy groups -OCH3 is 1. The normalized spacial score (nSPS) is 13.6. The van der Waals surface area contributed by atoms with Crippen molar-refractivity contribution in [2.24, 2.45) is 5.41 Å². The minimum Gasteiger partial charge on any atom is -0.548 e. The lowest BCUT2D eigenvalue weighted by atomic mass is 9.89. The second-order valence-corrected chi connectivity index (χ2v) is 10.0. The van der Waals surface area contributed by atoms with Gasteiger partial charge in [-0.05, 0) is 52.9 Å². The summed E-state index contributed by atoms with van der Waals surface area (Å²) >= 11 is 0. The summed E-state index contributed by atoms with van der Waals surface area (Å²) in [5, 5.41) is 0. The van der Waals surface area contributed by atoms with Gasteiger partial charge in [-0.1, -0.05) is 0 Å². The van der Waals surface area contributed by atoms with E-state index in [1.807, 2.05) is 26.8 Å². The molecule has 0 unspecified atom stereocenters. The predicted octanol–water partition coefficient (Wildman–Crippen LogP) is 3.33. The number of rotatable bonds is 5. The lowest BCUT2D eigenvalue weighted by Gasteiger charge is -2.22. The van der Waals surface area contributed by atoms with E-state index in [-0.39, 0.29) is 5.97 Å². The average Bonchev–Trinajstić information content (AvgIpc) is 2.11. The summed E-state index contributed by atoms with van der Waals surface area (Å²) in [6, 6.07) is 0. The van der Waals surface area contributed by atoms with E-state index in [0.717, 1.165) is 5.76 Å². The molecule has 4 heteroatoms. The van der Waals surface area contributed by atoms with E-state index < -0.39 is 13.7 Å². The maximum absolute atomic E-state index is 11.4. The third-order valence-corrected chi connectivity index (χ3v) is 3.04. The minimum absolute atomic E-state index is 0.190. The molecule has 0 aliphatic carbocycles. The molecule has 0 fully saturated rings. The van der Waals surface area contributed by atoms with Crippen LogP contribution in [0.5, 0.6) is 0 Å². The molecule has 0 N–H and O–H groups in total. The molecule has 0 bridgehead atoms. The zero-order chi connectivity index (χ0) is 13.0. The predicted molar refractivity (Wildman–Crippen MR) is 68.6 cm³/mol. The Morgan fingerprint density at radius 1 is 1.31 bits per heavy atom. The van der Waals surface area contributed by atoms with E-state index in [2.05, 4.69) is 19.6 Å². The van der Waals surface area contributed by atoms with Crippen LogP contribution in [0.3, 0.4) is 0 Å². The van der Waals surface area contributed by atoms with Gasteiger partial charge in [-0.25, -0.2) is 0 Å². The molecule has 94 valence electrons. The van der Waals surface area contributed by atoms with Crippen LogP contribution in [0.4, 0.5) is 0 Å². The maximum atomic E-state index is 11.4. The summed E-state index contributed by atoms with van der Waals surface area (Å²) in [4.78, 5) is 11.4. The summed E-state index contributed by atoms with van der Waals surface area (Å²) in [6.45, 7) is 12.1. The Labute approximate surface area is 100.0 Å². The highest BCUT2D eigenvalue weighted by atomic mass is 28.4. The fraction of sp³-hybridized carbons (Fsp3) is 0.750. The smallest absolute Gasteiger partial charge is 0.311 e. The van der Waals surface area contributed by atoms with Crippen LogP contribution in [-0.4, -0.2) is 21.4 Å². The zero-order valence-electron chi connectivity index (χ0n) is 11.5. The standard InChI is InChI=1S/C12H24O3Si/c1-10(15-16(5,6)7)8-9-12(2,3)11(13)14-4/h8H,9H2,1-7H3/b10-8+. The molecule has 0 aromatic heterocycles. The monoisotopic (exact) mass is 244 g/mol. The Morgan fingerprint density at radius 2 is 1.81 bits per heavy atom. The molecule has 0 aliphatic rings. The fourth-order valence-electron chi connectivity index (χ4n) is 1.28. The second kappa shape index (κ2) is 5.52. The molecule has 0 heterocycles. The lowest BCUT2D eigenvalue weighted by molar-refractivity contribution is -0.150. The Balaban J connectivity index is 4.42. The van der Waals surface area contributed by atoms with Gasteiger partial charge in [0, 0.05) is 0 Å². The van der Waals surface area contributed by atoms with Gasteiger partial charge in [0.15, 0.2) is 0 Å². The highest BCUT2D eigenvalue weighted by Crippen LogP contribution is 2.24. The largest absolute Gasteiger partial charge is 0.548 e. The average molecular weight is 244 g/mol. The van der Waals surface area contributed by atoms with Crippen molar-refractivity contribution in [3.8, 4) is 0 Å². The van der Waals surface area contributed by atoms with Crippen molar-refractivity contribution >= 4 is 14.3 Å². The first-order valence-corrected chi connectivity index (χ1v) is 8.93. The second-order valence-electron chi connectivity index (χ2n) is 5.61. The van der Waals surface area contributed by atoms with Crippen molar-refractivity contribution in [1.82, 2.24) is 0 Å². The SMILES string of the molecule is COC(=O)C(C)(C)C/C=C(\C)O[Si](C)(C)C. The summed E-state index contributed by atoms with van der Waals surface area (Å²) in [5.74, 6) is 0.709. The quantitative estimate of drug-likeness (QED) is 0.423. The number of hydrogen-bond acceptors (Lipinski definition) is 3. The number of ether oxygens (including phenoxy) is 1. The number of hydrogen-bond donors (Lipinski definition) is 0. The molecule has 0 saturated heterocycles. The Hall–Kier alpha value is -0.773. The van der Waals surface area contributed by atoms with E-state index >= 15 is 0 Å². The lowest BCUT2D eigenvalue weighted by Crippen LogP contribution is -2.26. The molecule has 3 nitrogen and oxygen atoms in total. The Bertz CT molecular complexity index is 274. The molecule has 0 radical (unpaired) electrons. The molecular weight excluding hydrogens is 220 g/mol. The first-order valence-electron chi connectivity index (χ1n) is 5.53. The first-order chi connectivity index (χ1) is 7.08. The minimum atomic E-state index is -1.54. The van der Waals surface area contributed by atoms with Gasteiger partial charge in [0.05, 0.1) is 18.3 Å². The van der Waals surface area contributed by atoms with E-state index in [4.69, 9.17) is 9.16 Å². The highest BCUT2D eigenvalue weighted by Gasteiger charge is 2.27. The molecule has 0 aromatic rings. The number of allylic oxidation sites excluding steroid dienone is 2. The summed E-state index contributed by atoms with van der Waals surface area (Å²) < 4.78 is 10.5. The van der Waals surface area contributed by atoms with Crippen LogP contribution in [0.25, 0.3) is 0 Å². The van der Waals surface area contributed by atoms with Gasteiger partial charge >= 0.3 is 5.97 Å². The molecule has 0 amide bonds. The van der Waals surface area contributed by atoms with Crippen LogP contribution in [-0.2, 0) is 14.0 Å². The van der Waals surface area contributed by atoms with Crippen LogP contribution < -0.4 is 0 Å². The van der Waals surface area contributed by atoms with E-state index in [0.29, 0.717) is 6.42 Å². The van der Waals surface area contributed by atoms with Crippen molar-refractivity contribution in [3.05, 3.63) is 11.8 Å². The van der Waals surface area contributed by atoms with Gasteiger partial charge in [0.2, 0.25) is 8.32 Å². The Morgan fingerprint density at radius 3 is 2.19 bits per heavy atom. The van der Waals surface area contributed by atoms with Gasteiger partial charge in [0.1, 0.15) is 0 Å². The molecule has 0 atom stereocenters. The number of carbonyl (C=O) groups excluding carboxylic acids is 1. The van der Waals surface area contributed by atoms with Gasteiger partial charge in [0.25, 0.3) is 0 Å². The third kappa shape index (κ3) is 5.95. The molecular formula is C12H24O3Si. The molecule has 0 aromatic carbocycles. The van der Waals surface area contributed by atoms with Crippen LogP contribution >= 0.6 is 0 Å². The molecule has 0 saturated carbocycles. The van der Waals surface area contributed by atoms with Crippen LogP contribution in [0, 0.1) is 5.41 Å². The topological polar surface area (TPSA) is 35.5 Å². The Kier molecular flexibility index (Phi) is 5.26. The van der Waals surface area contributed by atoms with Gasteiger partial charge in [-0.2, -0.15) is 0 Å². The maximum Gasteiger partial charge on any atom is 0.311 e. The van der Waals surface area contributed by atoms with Crippen molar-refractivity contribution < 1.29 is 14.0 Å². The van der Waals surface area contributed by atoms with E-state index in [1.165, 1.54) is 7.11 Å².